The molecule has 0 aromatic heterocycles. The molecule has 0 aliphatic heterocycles. The highest BCUT2D eigenvalue weighted by Crippen LogP contribution is 2.37. The van der Waals surface area contributed by atoms with Crippen molar-refractivity contribution in [1.29, 1.82) is 5.26 Å². The molecule has 22 heavy (non-hydrogen) atoms. The fourth-order valence-corrected chi connectivity index (χ4v) is 3.02. The Hall–Kier alpha value is -1.73. The maximum atomic E-state index is 11.8. The molecule has 0 radical (unpaired) electrons. The lowest BCUT2D eigenvalue weighted by Gasteiger charge is -2.22. The second kappa shape index (κ2) is 6.58. The SMILES string of the molecule is CC(C)(C)OC(=O)N[C@@H]1CC[C@H](c2cc(Cl)ccc2C#N)C1. The molecule has 118 valence electrons. The smallest absolute Gasteiger partial charge is 0.407 e. The molecule has 1 saturated carbocycles. The van der Waals surface area contributed by atoms with Crippen LogP contribution in [0.2, 0.25) is 5.02 Å². The molecule has 4 nitrogen and oxygen atoms in total. The molecule has 5 heteroatoms. The van der Waals surface area contributed by atoms with Gasteiger partial charge in [0, 0.05) is 11.1 Å². The van der Waals surface area contributed by atoms with E-state index in [9.17, 15) is 10.1 Å². The van der Waals surface area contributed by atoms with Crippen molar-refractivity contribution in [2.75, 3.05) is 0 Å². The number of carbonyl (C=O) groups excluding carboxylic acids is 1. The van der Waals surface area contributed by atoms with Gasteiger partial charge in [-0.2, -0.15) is 5.26 Å². The highest BCUT2D eigenvalue weighted by molar-refractivity contribution is 6.30. The molecule has 1 N–H and O–H groups in total. The summed E-state index contributed by atoms with van der Waals surface area (Å²) in [6.45, 7) is 5.53. The van der Waals surface area contributed by atoms with Crippen LogP contribution in [0.15, 0.2) is 18.2 Å². The molecule has 0 spiro atoms. The van der Waals surface area contributed by atoms with Crippen LogP contribution in [0.5, 0.6) is 0 Å². The number of hydrogen-bond acceptors (Lipinski definition) is 3. The third-order valence-corrected chi connectivity index (χ3v) is 3.96. The maximum Gasteiger partial charge on any atom is 0.407 e. The minimum atomic E-state index is -0.497. The second-order valence-electron chi connectivity index (χ2n) is 6.70. The number of amides is 1. The average Bonchev–Trinajstić information content (AvgIpc) is 2.84. The molecule has 1 amide bonds. The highest BCUT2D eigenvalue weighted by Gasteiger charge is 2.29. The van der Waals surface area contributed by atoms with E-state index >= 15 is 0 Å². The second-order valence-corrected chi connectivity index (χ2v) is 7.13. The Morgan fingerprint density at radius 2 is 2.14 bits per heavy atom. The quantitative estimate of drug-likeness (QED) is 0.880. The number of rotatable bonds is 2. The van der Waals surface area contributed by atoms with Crippen molar-refractivity contribution in [3.05, 3.63) is 34.3 Å². The number of halogens is 1. The molecular weight excluding hydrogens is 300 g/mol. The van der Waals surface area contributed by atoms with Crippen molar-refractivity contribution < 1.29 is 9.53 Å². The molecule has 0 unspecified atom stereocenters. The Morgan fingerprint density at radius 1 is 1.41 bits per heavy atom. The van der Waals surface area contributed by atoms with Gasteiger partial charge in [-0.25, -0.2) is 4.79 Å². The van der Waals surface area contributed by atoms with E-state index in [-0.39, 0.29) is 18.1 Å². The number of hydrogen-bond donors (Lipinski definition) is 1. The number of nitrogens with zero attached hydrogens (tertiary/aromatic N) is 1. The summed E-state index contributed by atoms with van der Waals surface area (Å²) in [5.41, 5.74) is 1.14. The van der Waals surface area contributed by atoms with Gasteiger partial charge in [0.2, 0.25) is 0 Å². The van der Waals surface area contributed by atoms with E-state index in [0.29, 0.717) is 10.6 Å². The van der Waals surface area contributed by atoms with Crippen LogP contribution >= 0.6 is 11.6 Å². The van der Waals surface area contributed by atoms with Crippen molar-refractivity contribution in [2.45, 2.75) is 57.6 Å². The Kier molecular flexibility index (Phi) is 4.97. The zero-order valence-electron chi connectivity index (χ0n) is 13.1. The van der Waals surface area contributed by atoms with Gasteiger partial charge in [-0.3, -0.25) is 0 Å². The molecule has 0 heterocycles. The van der Waals surface area contributed by atoms with Crippen LogP contribution in [0.4, 0.5) is 4.79 Å². The first-order chi connectivity index (χ1) is 10.3. The van der Waals surface area contributed by atoms with E-state index in [1.165, 1.54) is 0 Å². The van der Waals surface area contributed by atoms with E-state index in [4.69, 9.17) is 16.3 Å². The normalized spacial score (nSPS) is 21.2. The highest BCUT2D eigenvalue weighted by atomic mass is 35.5. The average molecular weight is 321 g/mol. The predicted molar refractivity (Wildman–Crippen MR) is 85.9 cm³/mol. The zero-order valence-corrected chi connectivity index (χ0v) is 13.9. The minimum absolute atomic E-state index is 0.0744. The van der Waals surface area contributed by atoms with Crippen molar-refractivity contribution in [2.24, 2.45) is 0 Å². The zero-order chi connectivity index (χ0) is 16.3. The first kappa shape index (κ1) is 16.6. The van der Waals surface area contributed by atoms with Crippen LogP contribution in [0.1, 0.15) is 57.1 Å². The van der Waals surface area contributed by atoms with Crippen LogP contribution in [-0.2, 0) is 4.74 Å². The van der Waals surface area contributed by atoms with Crippen LogP contribution in [0.25, 0.3) is 0 Å². The standard InChI is InChI=1S/C17H21ClN2O2/c1-17(2,3)22-16(21)20-14-7-5-11(8-14)15-9-13(18)6-4-12(15)10-19/h4,6,9,11,14H,5,7-8H2,1-3H3,(H,20,21)/t11-,14+/m0/s1. The first-order valence-corrected chi connectivity index (χ1v) is 7.85. The lowest BCUT2D eigenvalue weighted by atomic mass is 9.93. The first-order valence-electron chi connectivity index (χ1n) is 7.47. The lowest BCUT2D eigenvalue weighted by Crippen LogP contribution is -2.37. The van der Waals surface area contributed by atoms with Crippen molar-refractivity contribution in [3.8, 4) is 6.07 Å². The van der Waals surface area contributed by atoms with E-state index in [1.807, 2.05) is 26.8 Å². The van der Waals surface area contributed by atoms with Gasteiger partial charge in [-0.15, -0.1) is 0 Å². The van der Waals surface area contributed by atoms with Crippen LogP contribution in [0.3, 0.4) is 0 Å². The van der Waals surface area contributed by atoms with Crippen molar-refractivity contribution in [1.82, 2.24) is 5.32 Å². The number of carbonyl (C=O) groups is 1. The molecular formula is C17H21ClN2O2. The van der Waals surface area contributed by atoms with E-state index in [0.717, 1.165) is 24.8 Å². The van der Waals surface area contributed by atoms with E-state index in [2.05, 4.69) is 11.4 Å². The van der Waals surface area contributed by atoms with Gasteiger partial charge < -0.3 is 10.1 Å². The Balaban J connectivity index is 2.00. The van der Waals surface area contributed by atoms with Gasteiger partial charge >= 0.3 is 6.09 Å². The third kappa shape index (κ3) is 4.38. The monoisotopic (exact) mass is 320 g/mol. The maximum absolute atomic E-state index is 11.8. The van der Waals surface area contributed by atoms with Gasteiger partial charge in [-0.05, 0) is 69.7 Å². The van der Waals surface area contributed by atoms with Gasteiger partial charge in [-0.1, -0.05) is 11.6 Å². The molecule has 2 rings (SSSR count). The van der Waals surface area contributed by atoms with Gasteiger partial charge in [0.05, 0.1) is 11.6 Å². The molecule has 0 saturated heterocycles. The lowest BCUT2D eigenvalue weighted by molar-refractivity contribution is 0.0505. The molecule has 1 aliphatic rings. The van der Waals surface area contributed by atoms with Crippen molar-refractivity contribution in [3.63, 3.8) is 0 Å². The van der Waals surface area contributed by atoms with Crippen LogP contribution in [-0.4, -0.2) is 17.7 Å². The van der Waals surface area contributed by atoms with Crippen LogP contribution in [0, 0.1) is 11.3 Å². The number of alkyl carbamates (subject to hydrolysis) is 1. The molecule has 1 aliphatic carbocycles. The number of ether oxygens (including phenoxy) is 1. The van der Waals surface area contributed by atoms with Gasteiger partial charge in [0.15, 0.2) is 0 Å². The molecule has 2 atom stereocenters. The molecule has 0 bridgehead atoms. The van der Waals surface area contributed by atoms with E-state index in [1.54, 1.807) is 12.1 Å². The summed E-state index contributed by atoms with van der Waals surface area (Å²) in [6, 6.07) is 7.64. The Morgan fingerprint density at radius 3 is 2.77 bits per heavy atom. The largest absolute Gasteiger partial charge is 0.444 e. The van der Waals surface area contributed by atoms with E-state index < -0.39 is 5.60 Å². The minimum Gasteiger partial charge on any atom is -0.444 e. The summed E-state index contributed by atoms with van der Waals surface area (Å²) in [5, 5.41) is 12.8. The summed E-state index contributed by atoms with van der Waals surface area (Å²) in [7, 11) is 0. The molecule has 1 aromatic rings. The van der Waals surface area contributed by atoms with Gasteiger partial charge in [0.1, 0.15) is 5.60 Å². The summed E-state index contributed by atoms with van der Waals surface area (Å²) < 4.78 is 5.28. The van der Waals surface area contributed by atoms with Gasteiger partial charge in [0.25, 0.3) is 0 Å². The summed E-state index contributed by atoms with van der Waals surface area (Å²) in [6.07, 6.45) is 2.22. The van der Waals surface area contributed by atoms with Crippen LogP contribution < -0.4 is 5.32 Å². The fourth-order valence-electron chi connectivity index (χ4n) is 2.84. The Labute approximate surface area is 136 Å². The fraction of sp³-hybridized carbons (Fsp3) is 0.529. The number of nitriles is 1. The third-order valence-electron chi connectivity index (χ3n) is 3.73. The summed E-state index contributed by atoms with van der Waals surface area (Å²) in [4.78, 5) is 11.8. The number of benzene rings is 1. The summed E-state index contributed by atoms with van der Waals surface area (Å²) >= 11 is 6.05. The number of nitrogens with one attached hydrogen (secondary N) is 1. The predicted octanol–water partition coefficient (Wildman–Crippen LogP) is 4.37. The van der Waals surface area contributed by atoms with Crippen molar-refractivity contribution >= 4 is 17.7 Å². The summed E-state index contributed by atoms with van der Waals surface area (Å²) in [5.74, 6) is 0.244. The Bertz CT molecular complexity index is 602. The molecule has 1 aromatic carbocycles. The topological polar surface area (TPSA) is 62.1 Å². The molecule has 1 fully saturated rings.